The molecule has 0 saturated heterocycles. The van der Waals surface area contributed by atoms with Crippen LogP contribution in [-0.4, -0.2) is 22.9 Å². The molecule has 2 aliphatic rings. The number of amides is 2. The Bertz CT molecular complexity index is 712. The summed E-state index contributed by atoms with van der Waals surface area (Å²) in [6.07, 6.45) is 5.45. The van der Waals surface area contributed by atoms with Crippen LogP contribution in [0.4, 0.5) is 5.00 Å². The predicted molar refractivity (Wildman–Crippen MR) is 95.7 cm³/mol. The summed E-state index contributed by atoms with van der Waals surface area (Å²) in [6.45, 7) is 2.17. The minimum atomic E-state index is -0.922. The van der Waals surface area contributed by atoms with Crippen molar-refractivity contribution < 1.29 is 19.5 Å². The molecule has 1 heterocycles. The van der Waals surface area contributed by atoms with Gasteiger partial charge < -0.3 is 16.2 Å². The first-order valence-corrected chi connectivity index (χ1v) is 9.68. The highest BCUT2D eigenvalue weighted by molar-refractivity contribution is 7.17. The predicted octanol–water partition coefficient (Wildman–Crippen LogP) is 2.80. The summed E-state index contributed by atoms with van der Waals surface area (Å²) in [6, 6.07) is 0. The topological polar surface area (TPSA) is 109 Å². The molecule has 0 aliphatic heterocycles. The first kappa shape index (κ1) is 17.9. The molecule has 0 unspecified atom stereocenters. The Balaban J connectivity index is 1.86. The summed E-state index contributed by atoms with van der Waals surface area (Å²) in [4.78, 5) is 37.2. The largest absolute Gasteiger partial charge is 0.481 e. The van der Waals surface area contributed by atoms with Crippen LogP contribution in [0.2, 0.25) is 0 Å². The van der Waals surface area contributed by atoms with Gasteiger partial charge in [-0.1, -0.05) is 19.8 Å². The molecule has 1 aromatic heterocycles. The van der Waals surface area contributed by atoms with Crippen LogP contribution in [0, 0.1) is 17.8 Å². The second-order valence-corrected chi connectivity index (χ2v) is 8.35. The Morgan fingerprint density at radius 3 is 2.48 bits per heavy atom. The van der Waals surface area contributed by atoms with Crippen molar-refractivity contribution in [2.24, 2.45) is 23.5 Å². The first-order valence-electron chi connectivity index (χ1n) is 8.86. The zero-order valence-corrected chi connectivity index (χ0v) is 15.2. The fourth-order valence-electron chi connectivity index (χ4n) is 4.04. The van der Waals surface area contributed by atoms with Gasteiger partial charge in [-0.25, -0.2) is 0 Å². The molecule has 6 nitrogen and oxygen atoms in total. The summed E-state index contributed by atoms with van der Waals surface area (Å²) in [5.41, 5.74) is 6.95. The van der Waals surface area contributed by atoms with Gasteiger partial charge in [0.15, 0.2) is 0 Å². The molecule has 1 aromatic rings. The third-order valence-corrected chi connectivity index (χ3v) is 6.58. The van der Waals surface area contributed by atoms with E-state index in [0.29, 0.717) is 29.3 Å². The first-order chi connectivity index (χ1) is 11.9. The number of nitrogens with one attached hydrogen (secondary N) is 1. The van der Waals surface area contributed by atoms with E-state index in [1.54, 1.807) is 0 Å². The molecule has 25 heavy (non-hydrogen) atoms. The monoisotopic (exact) mass is 364 g/mol. The maximum Gasteiger partial charge on any atom is 0.307 e. The maximum absolute atomic E-state index is 12.7. The highest BCUT2D eigenvalue weighted by atomic mass is 32.1. The summed E-state index contributed by atoms with van der Waals surface area (Å²) in [7, 11) is 0. The number of hydrogen-bond donors (Lipinski definition) is 3. The van der Waals surface area contributed by atoms with E-state index in [-0.39, 0.29) is 5.91 Å². The van der Waals surface area contributed by atoms with Crippen molar-refractivity contribution in [2.75, 3.05) is 5.32 Å². The molecule has 2 aliphatic carbocycles. The van der Waals surface area contributed by atoms with Gasteiger partial charge in [-0.3, -0.25) is 14.4 Å². The van der Waals surface area contributed by atoms with Crippen molar-refractivity contribution in [1.29, 1.82) is 0 Å². The second kappa shape index (κ2) is 7.15. The zero-order valence-electron chi connectivity index (χ0n) is 14.3. The number of hydrogen-bond acceptors (Lipinski definition) is 4. The lowest BCUT2D eigenvalue weighted by Gasteiger charge is -2.27. The lowest BCUT2D eigenvalue weighted by molar-refractivity contribution is -0.147. The van der Waals surface area contributed by atoms with Crippen LogP contribution in [0.5, 0.6) is 0 Å². The average Bonchev–Trinajstić information content (AvgIpc) is 2.91. The number of carbonyl (C=O) groups excluding carboxylic acids is 2. The van der Waals surface area contributed by atoms with Gasteiger partial charge in [-0.15, -0.1) is 11.3 Å². The van der Waals surface area contributed by atoms with Crippen molar-refractivity contribution in [3.8, 4) is 0 Å². The lowest BCUT2D eigenvalue weighted by Crippen LogP contribution is -2.36. The number of fused-ring (bicyclic) bond motifs is 1. The molecule has 3 atom stereocenters. The molecule has 0 radical (unpaired) electrons. The third-order valence-electron chi connectivity index (χ3n) is 5.41. The van der Waals surface area contributed by atoms with Crippen molar-refractivity contribution in [3.63, 3.8) is 0 Å². The van der Waals surface area contributed by atoms with Crippen LogP contribution in [0.3, 0.4) is 0 Å². The van der Waals surface area contributed by atoms with Crippen LogP contribution < -0.4 is 11.1 Å². The number of rotatable bonds is 4. The number of anilines is 1. The standard InChI is InChI=1S/C18H24N2O4S/c1-9-6-7-12-13(8-9)25-17(14(12)15(19)21)20-16(22)10-4-2-3-5-11(10)18(23)24/h9-11H,2-8H2,1H3,(H2,19,21)(H,20,22)(H,23,24)/t9-,10+,11-/m1/s1. The van der Waals surface area contributed by atoms with Gasteiger partial charge in [-0.05, 0) is 43.6 Å². The van der Waals surface area contributed by atoms with Crippen molar-refractivity contribution in [3.05, 3.63) is 16.0 Å². The minimum Gasteiger partial charge on any atom is -0.481 e. The Hall–Kier alpha value is -1.89. The highest BCUT2D eigenvalue weighted by Crippen LogP contribution is 2.40. The number of aliphatic carboxylic acids is 1. The summed E-state index contributed by atoms with van der Waals surface area (Å²) in [5.74, 6) is -2.41. The Kier molecular flexibility index (Phi) is 5.13. The molecule has 0 spiro atoms. The van der Waals surface area contributed by atoms with Crippen molar-refractivity contribution in [1.82, 2.24) is 0 Å². The summed E-state index contributed by atoms with van der Waals surface area (Å²) in [5, 5.41) is 12.7. The van der Waals surface area contributed by atoms with E-state index in [0.717, 1.165) is 42.5 Å². The van der Waals surface area contributed by atoms with E-state index in [2.05, 4.69) is 12.2 Å². The van der Waals surface area contributed by atoms with Gasteiger partial charge >= 0.3 is 5.97 Å². The number of carboxylic acids is 1. The Labute approximate surface area is 150 Å². The molecule has 1 fully saturated rings. The van der Waals surface area contributed by atoms with Gasteiger partial charge in [0.05, 0.1) is 17.4 Å². The summed E-state index contributed by atoms with van der Waals surface area (Å²) < 4.78 is 0. The Morgan fingerprint density at radius 1 is 1.16 bits per heavy atom. The van der Waals surface area contributed by atoms with Crippen LogP contribution in [0.15, 0.2) is 0 Å². The van der Waals surface area contributed by atoms with Crippen LogP contribution in [-0.2, 0) is 22.4 Å². The quantitative estimate of drug-likeness (QED) is 0.763. The minimum absolute atomic E-state index is 0.304. The van der Waals surface area contributed by atoms with Crippen LogP contribution >= 0.6 is 11.3 Å². The van der Waals surface area contributed by atoms with E-state index >= 15 is 0 Å². The molecular weight excluding hydrogens is 340 g/mol. The smallest absolute Gasteiger partial charge is 0.307 e. The van der Waals surface area contributed by atoms with Gasteiger partial charge in [0.2, 0.25) is 5.91 Å². The molecular formula is C18H24N2O4S. The number of primary amides is 1. The Morgan fingerprint density at radius 2 is 1.84 bits per heavy atom. The van der Waals surface area contributed by atoms with Gasteiger partial charge in [0, 0.05) is 4.88 Å². The van der Waals surface area contributed by atoms with Gasteiger partial charge in [0.1, 0.15) is 5.00 Å². The molecule has 3 rings (SSSR count). The van der Waals surface area contributed by atoms with E-state index in [1.165, 1.54) is 11.3 Å². The van der Waals surface area contributed by atoms with Gasteiger partial charge in [-0.2, -0.15) is 0 Å². The fourth-order valence-corrected chi connectivity index (χ4v) is 5.46. The average molecular weight is 364 g/mol. The van der Waals surface area contributed by atoms with Crippen LogP contribution in [0.25, 0.3) is 0 Å². The molecule has 136 valence electrons. The molecule has 7 heteroatoms. The molecule has 4 N–H and O–H groups in total. The number of carbonyl (C=O) groups is 3. The van der Waals surface area contributed by atoms with E-state index in [9.17, 15) is 19.5 Å². The maximum atomic E-state index is 12.7. The number of thiophene rings is 1. The normalized spacial score (nSPS) is 25.9. The van der Waals surface area contributed by atoms with E-state index in [4.69, 9.17) is 5.73 Å². The molecule has 0 aromatic carbocycles. The number of carboxylic acid groups (broad SMARTS) is 1. The molecule has 0 bridgehead atoms. The zero-order chi connectivity index (χ0) is 18.1. The number of nitrogens with two attached hydrogens (primary N) is 1. The van der Waals surface area contributed by atoms with Crippen molar-refractivity contribution >= 4 is 34.1 Å². The second-order valence-electron chi connectivity index (χ2n) is 7.25. The fraction of sp³-hybridized carbons (Fsp3) is 0.611. The lowest BCUT2D eigenvalue weighted by atomic mass is 9.78. The third kappa shape index (κ3) is 3.56. The van der Waals surface area contributed by atoms with Gasteiger partial charge in [0.25, 0.3) is 5.91 Å². The highest BCUT2D eigenvalue weighted by Gasteiger charge is 2.37. The van der Waals surface area contributed by atoms with E-state index in [1.807, 2.05) is 0 Å². The molecule has 1 saturated carbocycles. The SMILES string of the molecule is C[C@@H]1CCc2c(sc(NC(=O)[C@H]3CCCC[C@H]3C(=O)O)c2C(N)=O)C1. The summed E-state index contributed by atoms with van der Waals surface area (Å²) >= 11 is 1.42. The van der Waals surface area contributed by atoms with Crippen molar-refractivity contribution in [2.45, 2.75) is 51.9 Å². The van der Waals surface area contributed by atoms with Crippen LogP contribution in [0.1, 0.15) is 59.8 Å². The molecule has 2 amide bonds. The van der Waals surface area contributed by atoms with E-state index < -0.39 is 23.7 Å².